The Morgan fingerprint density at radius 2 is 1.78 bits per heavy atom. The van der Waals surface area contributed by atoms with Crippen molar-refractivity contribution in [2.45, 2.75) is 22.4 Å². The Balaban J connectivity index is 2.06. The average molecular weight is 261 g/mol. The molecule has 1 aromatic carbocycles. The number of fused-ring (bicyclic) bond motifs is 2. The summed E-state index contributed by atoms with van der Waals surface area (Å²) in [6.07, 6.45) is 2.63. The molecule has 2 bridgehead atoms. The first-order valence-electron chi connectivity index (χ1n) is 5.67. The molecular formula is C13H11NO3S. The first-order valence-corrected chi connectivity index (χ1v) is 7.21. The van der Waals surface area contributed by atoms with Crippen LogP contribution in [0.25, 0.3) is 0 Å². The minimum Gasteiger partial charge on any atom is -0.364 e. The van der Waals surface area contributed by atoms with Crippen molar-refractivity contribution in [3.05, 3.63) is 42.5 Å². The number of ether oxygens (including phenoxy) is 1. The smallest absolute Gasteiger partial charge is 0.185 e. The van der Waals surface area contributed by atoms with E-state index in [0.717, 1.165) is 0 Å². The van der Waals surface area contributed by atoms with Crippen LogP contribution in [0.2, 0.25) is 0 Å². The second-order valence-corrected chi connectivity index (χ2v) is 6.53. The first kappa shape index (κ1) is 11.5. The van der Waals surface area contributed by atoms with Crippen molar-refractivity contribution in [2.24, 2.45) is 5.92 Å². The molecule has 5 heteroatoms. The van der Waals surface area contributed by atoms with Gasteiger partial charge < -0.3 is 4.74 Å². The van der Waals surface area contributed by atoms with Crippen LogP contribution in [-0.4, -0.2) is 25.9 Å². The lowest BCUT2D eigenvalue weighted by molar-refractivity contribution is 0.115. The molecule has 18 heavy (non-hydrogen) atoms. The molecule has 2 aliphatic rings. The van der Waals surface area contributed by atoms with E-state index in [2.05, 4.69) is 6.07 Å². The highest BCUT2D eigenvalue weighted by molar-refractivity contribution is 7.92. The van der Waals surface area contributed by atoms with Crippen LogP contribution in [-0.2, 0) is 14.6 Å². The Kier molecular flexibility index (Phi) is 2.51. The zero-order valence-electron chi connectivity index (χ0n) is 9.43. The SMILES string of the molecule is N#C[C@H]1[C@H](S(=O)(=O)c2ccccc2)[C@H]2C=C[C@@H]1O2. The predicted octanol–water partition coefficient (Wildman–Crippen LogP) is 1.31. The van der Waals surface area contributed by atoms with Gasteiger partial charge in [-0.2, -0.15) is 5.26 Å². The number of benzene rings is 1. The van der Waals surface area contributed by atoms with Crippen LogP contribution in [0.1, 0.15) is 0 Å². The summed E-state index contributed by atoms with van der Waals surface area (Å²) < 4.78 is 30.5. The molecule has 1 fully saturated rings. The van der Waals surface area contributed by atoms with Crippen molar-refractivity contribution in [2.75, 3.05) is 0 Å². The molecule has 0 amide bonds. The monoisotopic (exact) mass is 261 g/mol. The predicted molar refractivity (Wildman–Crippen MR) is 64.3 cm³/mol. The maximum Gasteiger partial charge on any atom is 0.185 e. The fraction of sp³-hybridized carbons (Fsp3) is 0.308. The lowest BCUT2D eigenvalue weighted by atomic mass is 9.95. The van der Waals surface area contributed by atoms with Crippen molar-refractivity contribution in [1.29, 1.82) is 5.26 Å². The van der Waals surface area contributed by atoms with Crippen molar-refractivity contribution < 1.29 is 13.2 Å². The molecule has 0 saturated carbocycles. The highest BCUT2D eigenvalue weighted by Gasteiger charge is 2.53. The molecule has 92 valence electrons. The molecule has 0 N–H and O–H groups in total. The zero-order valence-corrected chi connectivity index (χ0v) is 10.2. The number of hydrogen-bond donors (Lipinski definition) is 0. The summed E-state index contributed by atoms with van der Waals surface area (Å²) in [6.45, 7) is 0. The second kappa shape index (κ2) is 3.94. The van der Waals surface area contributed by atoms with Crippen LogP contribution in [0.5, 0.6) is 0 Å². The molecule has 0 aromatic heterocycles. The van der Waals surface area contributed by atoms with Gasteiger partial charge in [0.1, 0.15) is 5.25 Å². The van der Waals surface area contributed by atoms with Gasteiger partial charge in [0.25, 0.3) is 0 Å². The van der Waals surface area contributed by atoms with Gasteiger partial charge in [0.15, 0.2) is 9.84 Å². The molecule has 2 heterocycles. The summed E-state index contributed by atoms with van der Waals surface area (Å²) in [4.78, 5) is 0.250. The fourth-order valence-electron chi connectivity index (χ4n) is 2.56. The Hall–Kier alpha value is -1.64. The minimum atomic E-state index is -3.53. The van der Waals surface area contributed by atoms with Gasteiger partial charge in [0.05, 0.1) is 29.1 Å². The molecule has 4 atom stereocenters. The van der Waals surface area contributed by atoms with Gasteiger partial charge in [-0.1, -0.05) is 30.4 Å². The Bertz CT molecular complexity index is 630. The average Bonchev–Trinajstić information content (AvgIpc) is 2.99. The molecule has 1 saturated heterocycles. The normalized spacial score (nSPS) is 33.5. The highest BCUT2D eigenvalue weighted by atomic mass is 32.2. The Morgan fingerprint density at radius 1 is 1.11 bits per heavy atom. The molecule has 0 aliphatic carbocycles. The van der Waals surface area contributed by atoms with Gasteiger partial charge in [-0.3, -0.25) is 0 Å². The summed E-state index contributed by atoms with van der Waals surface area (Å²) in [5, 5.41) is 8.35. The molecule has 1 aromatic rings. The van der Waals surface area contributed by atoms with E-state index in [1.807, 2.05) is 0 Å². The Labute approximate surface area is 105 Å². The lowest BCUT2D eigenvalue weighted by Gasteiger charge is -2.19. The molecule has 0 spiro atoms. The lowest BCUT2D eigenvalue weighted by Crippen LogP contribution is -2.36. The van der Waals surface area contributed by atoms with Gasteiger partial charge in [-0.15, -0.1) is 0 Å². The van der Waals surface area contributed by atoms with E-state index in [9.17, 15) is 8.42 Å². The maximum atomic E-state index is 12.5. The van der Waals surface area contributed by atoms with Gasteiger partial charge >= 0.3 is 0 Å². The molecule has 0 unspecified atom stereocenters. The zero-order chi connectivity index (χ0) is 12.8. The number of sulfone groups is 1. The van der Waals surface area contributed by atoms with E-state index in [4.69, 9.17) is 10.00 Å². The van der Waals surface area contributed by atoms with E-state index in [-0.39, 0.29) is 11.0 Å². The minimum absolute atomic E-state index is 0.250. The van der Waals surface area contributed by atoms with Crippen LogP contribution in [0, 0.1) is 17.2 Å². The van der Waals surface area contributed by atoms with Crippen LogP contribution >= 0.6 is 0 Å². The molecule has 0 radical (unpaired) electrons. The van der Waals surface area contributed by atoms with Crippen molar-refractivity contribution >= 4 is 9.84 Å². The van der Waals surface area contributed by atoms with Gasteiger partial charge in [-0.25, -0.2) is 8.42 Å². The molecule has 2 aliphatic heterocycles. The summed E-state index contributed by atoms with van der Waals surface area (Å²) in [6, 6.07) is 10.3. The number of hydrogen-bond acceptors (Lipinski definition) is 4. The molecular weight excluding hydrogens is 250 g/mol. The third kappa shape index (κ3) is 1.50. The Morgan fingerprint density at radius 3 is 2.44 bits per heavy atom. The summed E-state index contributed by atoms with van der Waals surface area (Å²) in [5.74, 6) is -0.620. The van der Waals surface area contributed by atoms with Gasteiger partial charge in [0, 0.05) is 0 Å². The summed E-state index contributed by atoms with van der Waals surface area (Å²) in [5.41, 5.74) is 0. The van der Waals surface area contributed by atoms with E-state index in [0.29, 0.717) is 0 Å². The van der Waals surface area contributed by atoms with E-state index in [1.165, 1.54) is 0 Å². The quantitative estimate of drug-likeness (QED) is 0.753. The fourth-order valence-corrected chi connectivity index (χ4v) is 4.52. The van der Waals surface area contributed by atoms with Crippen molar-refractivity contribution in [1.82, 2.24) is 0 Å². The third-order valence-electron chi connectivity index (χ3n) is 3.42. The number of nitrogens with zero attached hydrogens (tertiary/aromatic N) is 1. The van der Waals surface area contributed by atoms with Crippen LogP contribution in [0.4, 0.5) is 0 Å². The third-order valence-corrected chi connectivity index (χ3v) is 5.62. The number of rotatable bonds is 2. The largest absolute Gasteiger partial charge is 0.364 e. The number of nitriles is 1. The standard InChI is InChI=1S/C13H11NO3S/c14-8-10-11-6-7-12(17-11)13(10)18(15,16)9-4-2-1-3-5-9/h1-7,10-13H/t10-,11+,12-,13+/m1/s1. The van der Waals surface area contributed by atoms with Gasteiger partial charge in [0.2, 0.25) is 0 Å². The topological polar surface area (TPSA) is 67.2 Å². The molecule has 4 nitrogen and oxygen atoms in total. The van der Waals surface area contributed by atoms with E-state index >= 15 is 0 Å². The van der Waals surface area contributed by atoms with Crippen molar-refractivity contribution in [3.63, 3.8) is 0 Å². The highest BCUT2D eigenvalue weighted by Crippen LogP contribution is 2.40. The first-order chi connectivity index (χ1) is 8.64. The molecule has 3 rings (SSSR count). The van der Waals surface area contributed by atoms with E-state index < -0.39 is 27.1 Å². The summed E-state index contributed by atoms with van der Waals surface area (Å²) >= 11 is 0. The summed E-state index contributed by atoms with van der Waals surface area (Å²) in [7, 11) is -3.53. The van der Waals surface area contributed by atoms with Crippen molar-refractivity contribution in [3.8, 4) is 6.07 Å². The second-order valence-electron chi connectivity index (χ2n) is 4.43. The van der Waals surface area contributed by atoms with Crippen LogP contribution in [0.15, 0.2) is 47.4 Å². The van der Waals surface area contributed by atoms with E-state index in [1.54, 1.807) is 42.5 Å². The van der Waals surface area contributed by atoms with Gasteiger partial charge in [-0.05, 0) is 12.1 Å². The van der Waals surface area contributed by atoms with Crippen LogP contribution in [0.3, 0.4) is 0 Å². The maximum absolute atomic E-state index is 12.5. The van der Waals surface area contributed by atoms with Crippen LogP contribution < -0.4 is 0 Å².